The molecule has 132 valence electrons. The summed E-state index contributed by atoms with van der Waals surface area (Å²) < 4.78 is 13.2. The van der Waals surface area contributed by atoms with Crippen LogP contribution in [-0.2, 0) is 10.2 Å². The van der Waals surface area contributed by atoms with Gasteiger partial charge in [0.15, 0.2) is 0 Å². The van der Waals surface area contributed by atoms with E-state index in [-0.39, 0.29) is 17.1 Å². The summed E-state index contributed by atoms with van der Waals surface area (Å²) in [4.78, 5) is 12.3. The van der Waals surface area contributed by atoms with Crippen molar-refractivity contribution in [3.05, 3.63) is 34.6 Å². The van der Waals surface area contributed by atoms with Crippen LogP contribution in [0.4, 0.5) is 4.39 Å². The molecule has 0 aromatic heterocycles. The third-order valence-corrected chi connectivity index (χ3v) is 5.75. The second kappa shape index (κ2) is 7.01. The van der Waals surface area contributed by atoms with Crippen molar-refractivity contribution in [3.8, 4) is 0 Å². The second-order valence-electron chi connectivity index (χ2n) is 7.96. The second-order valence-corrected chi connectivity index (χ2v) is 8.37. The fourth-order valence-corrected chi connectivity index (χ4v) is 4.55. The zero-order valence-corrected chi connectivity index (χ0v) is 15.1. The molecule has 5 heteroatoms. The fraction of sp³-hybridized carbons (Fsp3) is 0.632. The smallest absolute Gasteiger partial charge is 0.220 e. The molecule has 0 saturated carbocycles. The van der Waals surface area contributed by atoms with E-state index in [1.54, 1.807) is 6.07 Å². The van der Waals surface area contributed by atoms with Gasteiger partial charge < -0.3 is 10.6 Å². The summed E-state index contributed by atoms with van der Waals surface area (Å²) in [6.07, 6.45) is 5.31. The quantitative estimate of drug-likeness (QED) is 0.846. The summed E-state index contributed by atoms with van der Waals surface area (Å²) in [5.74, 6) is 0.248. The first-order chi connectivity index (χ1) is 11.3. The molecule has 1 aromatic carbocycles. The van der Waals surface area contributed by atoms with Crippen LogP contribution in [0.25, 0.3) is 0 Å². The molecular formula is C19H26ClFN2O. The predicted octanol–water partition coefficient (Wildman–Crippen LogP) is 3.79. The lowest BCUT2D eigenvalue weighted by Crippen LogP contribution is -2.41. The number of rotatable bonds is 5. The molecule has 2 aliphatic heterocycles. The first-order valence-electron chi connectivity index (χ1n) is 8.82. The minimum atomic E-state index is -0.343. The summed E-state index contributed by atoms with van der Waals surface area (Å²) in [6.45, 7) is 4.52. The van der Waals surface area contributed by atoms with Gasteiger partial charge in [0.25, 0.3) is 0 Å². The summed E-state index contributed by atoms with van der Waals surface area (Å²) in [6, 6.07) is 5.65. The molecule has 3 rings (SSSR count). The summed E-state index contributed by atoms with van der Waals surface area (Å²) in [5.41, 5.74) is 0.513. The van der Waals surface area contributed by atoms with Crippen LogP contribution in [0.15, 0.2) is 18.2 Å². The monoisotopic (exact) mass is 352 g/mol. The van der Waals surface area contributed by atoms with E-state index in [0.29, 0.717) is 36.0 Å². The third-order valence-electron chi connectivity index (χ3n) is 5.43. The first kappa shape index (κ1) is 17.7. The van der Waals surface area contributed by atoms with Gasteiger partial charge in [0.1, 0.15) is 5.82 Å². The van der Waals surface area contributed by atoms with Gasteiger partial charge in [0, 0.05) is 35.5 Å². The number of hydrogen-bond acceptors (Lipinski definition) is 2. The highest BCUT2D eigenvalue weighted by molar-refractivity contribution is 6.31. The summed E-state index contributed by atoms with van der Waals surface area (Å²) in [7, 11) is 0. The van der Waals surface area contributed by atoms with Crippen molar-refractivity contribution in [1.29, 1.82) is 0 Å². The standard InChI is InChI=1S/C19H26ClFN2O/c1-19(2,16-6-3-13(21)10-17(16)20)11-22-18(24)9-12-7-14-4-5-15(8-12)23-14/h3,6,10,12,14-15,23H,4-5,7-9,11H2,1-2H3,(H,22,24). The maximum absolute atomic E-state index is 13.2. The first-order valence-corrected chi connectivity index (χ1v) is 9.19. The Morgan fingerprint density at radius 2 is 2.00 bits per heavy atom. The van der Waals surface area contributed by atoms with Gasteiger partial charge >= 0.3 is 0 Å². The molecule has 0 spiro atoms. The number of fused-ring (bicyclic) bond motifs is 2. The number of carbonyl (C=O) groups excluding carboxylic acids is 1. The van der Waals surface area contributed by atoms with E-state index in [1.807, 2.05) is 13.8 Å². The van der Waals surface area contributed by atoms with E-state index < -0.39 is 0 Å². The highest BCUT2D eigenvalue weighted by Gasteiger charge is 2.34. The SMILES string of the molecule is CC(C)(CNC(=O)CC1CC2CCC(C1)N2)c1ccc(F)cc1Cl. The zero-order valence-electron chi connectivity index (χ0n) is 14.4. The van der Waals surface area contributed by atoms with Crippen molar-refractivity contribution in [2.75, 3.05) is 6.54 Å². The maximum atomic E-state index is 13.2. The number of carbonyl (C=O) groups is 1. The Morgan fingerprint density at radius 1 is 1.33 bits per heavy atom. The van der Waals surface area contributed by atoms with E-state index in [9.17, 15) is 9.18 Å². The van der Waals surface area contributed by atoms with Gasteiger partial charge in [0.2, 0.25) is 5.91 Å². The van der Waals surface area contributed by atoms with Crippen LogP contribution in [-0.4, -0.2) is 24.5 Å². The normalized spacial score (nSPS) is 26.4. The van der Waals surface area contributed by atoms with Gasteiger partial charge in [-0.05, 0) is 49.3 Å². The summed E-state index contributed by atoms with van der Waals surface area (Å²) >= 11 is 6.16. The molecule has 2 unspecified atom stereocenters. The number of benzene rings is 1. The number of amides is 1. The molecule has 0 aliphatic carbocycles. The fourth-order valence-electron chi connectivity index (χ4n) is 4.13. The Morgan fingerprint density at radius 3 is 2.62 bits per heavy atom. The molecule has 24 heavy (non-hydrogen) atoms. The number of nitrogens with one attached hydrogen (secondary N) is 2. The van der Waals surface area contributed by atoms with Crippen LogP contribution in [0.5, 0.6) is 0 Å². The summed E-state index contributed by atoms with van der Waals surface area (Å²) in [5, 5.41) is 7.06. The number of hydrogen-bond donors (Lipinski definition) is 2. The lowest BCUT2D eigenvalue weighted by atomic mass is 9.84. The Labute approximate surface area is 148 Å². The van der Waals surface area contributed by atoms with Crippen molar-refractivity contribution >= 4 is 17.5 Å². The molecule has 2 bridgehead atoms. The minimum Gasteiger partial charge on any atom is -0.355 e. The van der Waals surface area contributed by atoms with Crippen molar-refractivity contribution in [3.63, 3.8) is 0 Å². The van der Waals surface area contributed by atoms with Gasteiger partial charge in [-0.2, -0.15) is 0 Å². The third kappa shape index (κ3) is 4.09. The molecule has 3 nitrogen and oxygen atoms in total. The number of piperidine rings is 1. The average Bonchev–Trinajstić information content (AvgIpc) is 2.84. The molecular weight excluding hydrogens is 327 g/mol. The largest absolute Gasteiger partial charge is 0.355 e. The Bertz CT molecular complexity index is 607. The maximum Gasteiger partial charge on any atom is 0.220 e. The zero-order chi connectivity index (χ0) is 17.3. The topological polar surface area (TPSA) is 41.1 Å². The van der Waals surface area contributed by atoms with Gasteiger partial charge in [-0.15, -0.1) is 0 Å². The molecule has 0 radical (unpaired) electrons. The van der Waals surface area contributed by atoms with Crippen LogP contribution in [0.1, 0.15) is 51.5 Å². The molecule has 2 fully saturated rings. The van der Waals surface area contributed by atoms with E-state index in [1.165, 1.54) is 25.0 Å². The van der Waals surface area contributed by atoms with E-state index >= 15 is 0 Å². The highest BCUT2D eigenvalue weighted by Crippen LogP contribution is 2.33. The Kier molecular flexibility index (Phi) is 5.16. The molecule has 2 N–H and O–H groups in total. The lowest BCUT2D eigenvalue weighted by molar-refractivity contribution is -0.122. The van der Waals surface area contributed by atoms with Gasteiger partial charge in [0.05, 0.1) is 0 Å². The molecule has 1 aromatic rings. The molecule has 2 heterocycles. The van der Waals surface area contributed by atoms with E-state index in [0.717, 1.165) is 18.4 Å². The lowest BCUT2D eigenvalue weighted by Gasteiger charge is -2.30. The average molecular weight is 353 g/mol. The molecule has 2 atom stereocenters. The van der Waals surface area contributed by atoms with Crippen molar-refractivity contribution in [1.82, 2.24) is 10.6 Å². The van der Waals surface area contributed by atoms with Crippen molar-refractivity contribution in [2.45, 2.75) is 63.5 Å². The van der Waals surface area contributed by atoms with Crippen LogP contribution < -0.4 is 10.6 Å². The Hall–Kier alpha value is -1.13. The van der Waals surface area contributed by atoms with E-state index in [2.05, 4.69) is 10.6 Å². The number of halogens is 2. The molecule has 1 amide bonds. The van der Waals surface area contributed by atoms with Crippen LogP contribution >= 0.6 is 11.6 Å². The van der Waals surface area contributed by atoms with Gasteiger partial charge in [-0.1, -0.05) is 31.5 Å². The van der Waals surface area contributed by atoms with Crippen LogP contribution in [0.3, 0.4) is 0 Å². The van der Waals surface area contributed by atoms with Crippen molar-refractivity contribution in [2.24, 2.45) is 5.92 Å². The van der Waals surface area contributed by atoms with Crippen molar-refractivity contribution < 1.29 is 9.18 Å². The molecule has 2 aliphatic rings. The van der Waals surface area contributed by atoms with Gasteiger partial charge in [-0.3, -0.25) is 4.79 Å². The Balaban J connectivity index is 1.53. The minimum absolute atomic E-state index is 0.104. The van der Waals surface area contributed by atoms with Crippen LogP contribution in [0, 0.1) is 11.7 Å². The van der Waals surface area contributed by atoms with Crippen LogP contribution in [0.2, 0.25) is 5.02 Å². The predicted molar refractivity (Wildman–Crippen MR) is 94.7 cm³/mol. The molecule has 2 saturated heterocycles. The van der Waals surface area contributed by atoms with E-state index in [4.69, 9.17) is 11.6 Å². The van der Waals surface area contributed by atoms with Gasteiger partial charge in [-0.25, -0.2) is 4.39 Å². The highest BCUT2D eigenvalue weighted by atomic mass is 35.5.